The zero-order valence-corrected chi connectivity index (χ0v) is 8.33. The van der Waals surface area contributed by atoms with Crippen molar-refractivity contribution >= 4 is 24.3 Å². The number of nitro benzene ring substituents is 1. The Labute approximate surface area is 91.5 Å². The highest BCUT2D eigenvalue weighted by Gasteiger charge is 2.12. The fourth-order valence-electron chi connectivity index (χ4n) is 1.20. The molecule has 5 heteroatoms. The maximum atomic E-state index is 10.6. The second-order valence-corrected chi connectivity index (χ2v) is 3.00. The average Bonchev–Trinajstić information content (AvgIpc) is 2.29. The van der Waals surface area contributed by atoms with Crippen molar-refractivity contribution in [2.75, 3.05) is 0 Å². The van der Waals surface area contributed by atoms with Gasteiger partial charge in [0.2, 0.25) is 0 Å². The second kappa shape index (κ2) is 5.55. The zero-order chi connectivity index (χ0) is 12.0. The van der Waals surface area contributed by atoms with Crippen molar-refractivity contribution in [2.45, 2.75) is 6.42 Å². The molecule has 0 fully saturated rings. The molecule has 0 saturated heterocycles. The highest BCUT2D eigenvalue weighted by Crippen LogP contribution is 2.18. The van der Waals surface area contributed by atoms with Crippen LogP contribution in [-0.4, -0.2) is 17.5 Å². The number of aldehydes is 2. The van der Waals surface area contributed by atoms with Gasteiger partial charge in [0.15, 0.2) is 6.29 Å². The summed E-state index contributed by atoms with van der Waals surface area (Å²) in [5.41, 5.74) is 0.454. The number of allylic oxidation sites excluding steroid dienone is 1. The molecular weight excluding hydrogens is 210 g/mol. The number of nitro groups is 1. The molecule has 1 rings (SSSR count). The standard InChI is InChI=1S/C11H9NO4/c13-6-2-1-3-9-4-5-11(12(15)16)10(7-9)8-14/h1,3-8H,2H2. The summed E-state index contributed by atoms with van der Waals surface area (Å²) in [4.78, 5) is 30.6. The number of carbonyl (C=O) groups is 2. The molecule has 0 atom stereocenters. The van der Waals surface area contributed by atoms with Crippen LogP contribution < -0.4 is 0 Å². The van der Waals surface area contributed by atoms with E-state index in [2.05, 4.69) is 0 Å². The molecule has 0 amide bonds. The van der Waals surface area contributed by atoms with Crippen molar-refractivity contribution in [3.8, 4) is 0 Å². The number of carbonyl (C=O) groups excluding carboxylic acids is 2. The smallest absolute Gasteiger partial charge is 0.279 e. The van der Waals surface area contributed by atoms with Gasteiger partial charge in [-0.15, -0.1) is 0 Å². The first-order chi connectivity index (χ1) is 7.69. The van der Waals surface area contributed by atoms with Crippen LogP contribution in [0.1, 0.15) is 22.3 Å². The second-order valence-electron chi connectivity index (χ2n) is 3.00. The molecule has 0 spiro atoms. The average molecular weight is 219 g/mol. The molecule has 0 aliphatic rings. The summed E-state index contributed by atoms with van der Waals surface area (Å²) in [6.45, 7) is 0. The van der Waals surface area contributed by atoms with Crippen LogP contribution in [0.3, 0.4) is 0 Å². The number of benzene rings is 1. The van der Waals surface area contributed by atoms with Crippen molar-refractivity contribution in [1.29, 1.82) is 0 Å². The number of hydrogen-bond acceptors (Lipinski definition) is 4. The number of nitrogens with zero attached hydrogens (tertiary/aromatic N) is 1. The lowest BCUT2D eigenvalue weighted by Crippen LogP contribution is -1.94. The van der Waals surface area contributed by atoms with Crippen LogP contribution in [0.25, 0.3) is 6.08 Å². The van der Waals surface area contributed by atoms with Crippen LogP contribution in [-0.2, 0) is 4.79 Å². The normalized spacial score (nSPS) is 10.2. The van der Waals surface area contributed by atoms with Crippen molar-refractivity contribution in [1.82, 2.24) is 0 Å². The van der Waals surface area contributed by atoms with Crippen LogP contribution >= 0.6 is 0 Å². The van der Waals surface area contributed by atoms with E-state index in [0.29, 0.717) is 11.8 Å². The summed E-state index contributed by atoms with van der Waals surface area (Å²) in [6.07, 6.45) is 4.69. The highest BCUT2D eigenvalue weighted by molar-refractivity contribution is 5.82. The van der Waals surface area contributed by atoms with E-state index in [4.69, 9.17) is 0 Å². The van der Waals surface area contributed by atoms with Gasteiger partial charge < -0.3 is 4.79 Å². The molecule has 5 nitrogen and oxygen atoms in total. The van der Waals surface area contributed by atoms with Gasteiger partial charge in [-0.1, -0.05) is 12.2 Å². The summed E-state index contributed by atoms with van der Waals surface area (Å²) in [6, 6.07) is 4.20. The van der Waals surface area contributed by atoms with E-state index in [1.165, 1.54) is 18.2 Å². The summed E-state index contributed by atoms with van der Waals surface area (Å²) in [7, 11) is 0. The summed E-state index contributed by atoms with van der Waals surface area (Å²) >= 11 is 0. The Hall–Kier alpha value is -2.30. The van der Waals surface area contributed by atoms with Crippen LogP contribution in [0.2, 0.25) is 0 Å². The van der Waals surface area contributed by atoms with E-state index in [9.17, 15) is 19.7 Å². The Morgan fingerprint density at radius 3 is 2.62 bits per heavy atom. The molecule has 0 saturated carbocycles. The fraction of sp³-hybridized carbons (Fsp3) is 0.0909. The summed E-state index contributed by atoms with van der Waals surface area (Å²) in [5, 5.41) is 10.5. The summed E-state index contributed by atoms with van der Waals surface area (Å²) < 4.78 is 0. The molecule has 0 aliphatic carbocycles. The molecule has 0 unspecified atom stereocenters. The lowest BCUT2D eigenvalue weighted by atomic mass is 10.1. The molecule has 0 radical (unpaired) electrons. The molecule has 82 valence electrons. The Bertz CT molecular complexity index is 451. The van der Waals surface area contributed by atoms with Gasteiger partial charge in [0, 0.05) is 12.5 Å². The fourth-order valence-corrected chi connectivity index (χ4v) is 1.20. The quantitative estimate of drug-likeness (QED) is 0.431. The number of hydrogen-bond donors (Lipinski definition) is 0. The van der Waals surface area contributed by atoms with Gasteiger partial charge in [-0.3, -0.25) is 14.9 Å². The van der Waals surface area contributed by atoms with Crippen molar-refractivity contribution in [3.05, 3.63) is 45.5 Å². The van der Waals surface area contributed by atoms with E-state index in [0.717, 1.165) is 6.29 Å². The maximum Gasteiger partial charge on any atom is 0.279 e. The molecule has 0 N–H and O–H groups in total. The molecule has 16 heavy (non-hydrogen) atoms. The number of rotatable bonds is 5. The van der Waals surface area contributed by atoms with Crippen molar-refractivity contribution < 1.29 is 14.5 Å². The van der Waals surface area contributed by atoms with Gasteiger partial charge in [0.25, 0.3) is 5.69 Å². The van der Waals surface area contributed by atoms with Crippen LogP contribution in [0, 0.1) is 10.1 Å². The Kier molecular flexibility index (Phi) is 4.08. The Morgan fingerprint density at radius 1 is 1.31 bits per heavy atom. The van der Waals surface area contributed by atoms with E-state index in [1.807, 2.05) is 0 Å². The monoisotopic (exact) mass is 219 g/mol. The molecular formula is C11H9NO4. The third-order valence-corrected chi connectivity index (χ3v) is 1.92. The topological polar surface area (TPSA) is 77.3 Å². The van der Waals surface area contributed by atoms with Gasteiger partial charge in [0.1, 0.15) is 6.29 Å². The largest absolute Gasteiger partial charge is 0.303 e. The van der Waals surface area contributed by atoms with Gasteiger partial charge in [0.05, 0.1) is 10.5 Å². The predicted octanol–water partition coefficient (Wildman–Crippen LogP) is 2.01. The van der Waals surface area contributed by atoms with E-state index in [-0.39, 0.29) is 17.7 Å². The first kappa shape index (κ1) is 11.8. The SMILES string of the molecule is O=CCC=Cc1ccc([N+](=O)[O-])c(C=O)c1. The van der Waals surface area contributed by atoms with Crippen LogP contribution in [0.5, 0.6) is 0 Å². The zero-order valence-electron chi connectivity index (χ0n) is 8.33. The third-order valence-electron chi connectivity index (χ3n) is 1.92. The van der Waals surface area contributed by atoms with Crippen molar-refractivity contribution in [2.24, 2.45) is 0 Å². The summed E-state index contributed by atoms with van der Waals surface area (Å²) in [5.74, 6) is 0. The van der Waals surface area contributed by atoms with E-state index >= 15 is 0 Å². The van der Waals surface area contributed by atoms with Gasteiger partial charge in [-0.05, 0) is 17.7 Å². The van der Waals surface area contributed by atoms with Crippen molar-refractivity contribution in [3.63, 3.8) is 0 Å². The molecule has 1 aromatic carbocycles. The lowest BCUT2D eigenvalue weighted by molar-refractivity contribution is -0.385. The molecule has 0 aromatic heterocycles. The molecule has 1 aromatic rings. The Morgan fingerprint density at radius 2 is 2.06 bits per heavy atom. The third kappa shape index (κ3) is 2.84. The molecule has 0 aliphatic heterocycles. The van der Waals surface area contributed by atoms with Gasteiger partial charge in [-0.25, -0.2) is 0 Å². The van der Waals surface area contributed by atoms with Crippen LogP contribution in [0.15, 0.2) is 24.3 Å². The Balaban J connectivity index is 3.04. The first-order valence-electron chi connectivity index (χ1n) is 4.53. The minimum Gasteiger partial charge on any atom is -0.303 e. The molecule has 0 heterocycles. The minimum absolute atomic E-state index is 0.0262. The van der Waals surface area contributed by atoms with Crippen LogP contribution in [0.4, 0.5) is 5.69 Å². The highest BCUT2D eigenvalue weighted by atomic mass is 16.6. The maximum absolute atomic E-state index is 10.6. The molecule has 0 bridgehead atoms. The van der Waals surface area contributed by atoms with E-state index < -0.39 is 4.92 Å². The van der Waals surface area contributed by atoms with Gasteiger partial charge in [-0.2, -0.15) is 0 Å². The minimum atomic E-state index is -0.608. The first-order valence-corrected chi connectivity index (χ1v) is 4.53. The van der Waals surface area contributed by atoms with Gasteiger partial charge >= 0.3 is 0 Å². The predicted molar refractivity (Wildman–Crippen MR) is 58.2 cm³/mol. The lowest BCUT2D eigenvalue weighted by Gasteiger charge is -1.97. The van der Waals surface area contributed by atoms with E-state index in [1.54, 1.807) is 12.2 Å².